The fourth-order valence-corrected chi connectivity index (χ4v) is 2.23. The number of ether oxygens (including phenoxy) is 2. The Kier molecular flexibility index (Phi) is 4.89. The Hall–Kier alpha value is -3.74. The summed E-state index contributed by atoms with van der Waals surface area (Å²) in [7, 11) is 1.59. The fraction of sp³-hybridized carbons (Fsp3) is 0.0526. The summed E-state index contributed by atoms with van der Waals surface area (Å²) in [4.78, 5) is 26.2. The molecule has 7 heteroatoms. The second-order valence-corrected chi connectivity index (χ2v) is 5.32. The molecule has 2 aromatic rings. The summed E-state index contributed by atoms with van der Waals surface area (Å²) in [5.74, 6) is 0.358. The smallest absolute Gasteiger partial charge is 0.363 e. The Bertz CT molecular complexity index is 925. The van der Waals surface area contributed by atoms with Gasteiger partial charge in [-0.2, -0.15) is 0 Å². The first kappa shape index (κ1) is 17.1. The lowest BCUT2D eigenvalue weighted by Gasteiger charge is -1.98. The van der Waals surface area contributed by atoms with Gasteiger partial charge in [-0.1, -0.05) is 12.1 Å². The number of methoxy groups -OCH3 is 1. The first-order valence-corrected chi connectivity index (χ1v) is 7.64. The summed E-state index contributed by atoms with van der Waals surface area (Å²) in [5, 5.41) is 10.7. The monoisotopic (exact) mass is 350 g/mol. The van der Waals surface area contributed by atoms with Crippen molar-refractivity contribution in [1.29, 1.82) is 0 Å². The Morgan fingerprint density at radius 3 is 2.31 bits per heavy atom. The SMILES string of the molecule is COc1ccc(C=CC2=NC(=Cc3ccc([N+](=O)[O-])cc3)C(=O)O2)cc1. The molecule has 0 N–H and O–H groups in total. The molecule has 26 heavy (non-hydrogen) atoms. The minimum Gasteiger partial charge on any atom is -0.497 e. The highest BCUT2D eigenvalue weighted by molar-refractivity contribution is 6.11. The van der Waals surface area contributed by atoms with Crippen molar-refractivity contribution < 1.29 is 19.2 Å². The van der Waals surface area contributed by atoms with E-state index >= 15 is 0 Å². The van der Waals surface area contributed by atoms with E-state index in [0.717, 1.165) is 11.3 Å². The highest BCUT2D eigenvalue weighted by Crippen LogP contribution is 2.19. The number of nitro benzene ring substituents is 1. The molecule has 0 saturated heterocycles. The summed E-state index contributed by atoms with van der Waals surface area (Å²) in [6.07, 6.45) is 4.87. The van der Waals surface area contributed by atoms with Crippen LogP contribution in [0.4, 0.5) is 5.69 Å². The maximum absolute atomic E-state index is 11.9. The van der Waals surface area contributed by atoms with Crippen molar-refractivity contribution in [2.45, 2.75) is 0 Å². The number of cyclic esters (lactones) is 1. The molecule has 0 bridgehead atoms. The molecule has 0 aromatic heterocycles. The number of hydrogen-bond donors (Lipinski definition) is 0. The van der Waals surface area contributed by atoms with Crippen LogP contribution >= 0.6 is 0 Å². The summed E-state index contributed by atoms with van der Waals surface area (Å²) in [5.41, 5.74) is 1.63. The van der Waals surface area contributed by atoms with Crippen LogP contribution in [0, 0.1) is 10.1 Å². The molecule has 1 aliphatic rings. The Morgan fingerprint density at radius 1 is 1.04 bits per heavy atom. The molecular formula is C19H14N2O5. The highest BCUT2D eigenvalue weighted by atomic mass is 16.6. The lowest BCUT2D eigenvalue weighted by molar-refractivity contribution is -0.384. The molecule has 0 atom stereocenters. The van der Waals surface area contributed by atoms with Crippen molar-refractivity contribution in [3.05, 3.63) is 81.5 Å². The molecule has 0 fully saturated rings. The number of carbonyl (C=O) groups excluding carboxylic acids is 1. The van der Waals surface area contributed by atoms with Crippen molar-refractivity contribution >= 4 is 29.7 Å². The van der Waals surface area contributed by atoms with Crippen LogP contribution < -0.4 is 4.74 Å². The van der Waals surface area contributed by atoms with Gasteiger partial charge in [0.05, 0.1) is 12.0 Å². The van der Waals surface area contributed by atoms with E-state index in [-0.39, 0.29) is 17.3 Å². The Balaban J connectivity index is 1.75. The summed E-state index contributed by atoms with van der Waals surface area (Å²) in [6.45, 7) is 0. The molecule has 1 aliphatic heterocycles. The van der Waals surface area contributed by atoms with Crippen LogP contribution in [0.25, 0.3) is 12.2 Å². The molecule has 0 unspecified atom stereocenters. The van der Waals surface area contributed by atoms with Crippen LogP contribution in [-0.2, 0) is 9.53 Å². The second kappa shape index (κ2) is 7.43. The molecule has 0 aliphatic carbocycles. The average Bonchev–Trinajstić information content (AvgIpc) is 3.00. The first-order chi connectivity index (χ1) is 12.5. The minimum absolute atomic E-state index is 0.0206. The van der Waals surface area contributed by atoms with Gasteiger partial charge >= 0.3 is 5.97 Å². The number of rotatable bonds is 5. The number of aliphatic imine (C=N–C) groups is 1. The predicted molar refractivity (Wildman–Crippen MR) is 96.6 cm³/mol. The summed E-state index contributed by atoms with van der Waals surface area (Å²) >= 11 is 0. The third-order valence-electron chi connectivity index (χ3n) is 3.58. The van der Waals surface area contributed by atoms with Crippen molar-refractivity contribution in [1.82, 2.24) is 0 Å². The number of non-ortho nitro benzene ring substituents is 1. The van der Waals surface area contributed by atoms with E-state index in [0.29, 0.717) is 5.56 Å². The van der Waals surface area contributed by atoms with Gasteiger partial charge in [-0.25, -0.2) is 9.79 Å². The van der Waals surface area contributed by atoms with E-state index in [1.54, 1.807) is 31.4 Å². The largest absolute Gasteiger partial charge is 0.497 e. The lowest BCUT2D eigenvalue weighted by atomic mass is 10.2. The minimum atomic E-state index is -0.572. The van der Waals surface area contributed by atoms with E-state index in [9.17, 15) is 14.9 Å². The van der Waals surface area contributed by atoms with E-state index in [1.165, 1.54) is 18.2 Å². The molecular weight excluding hydrogens is 336 g/mol. The van der Waals surface area contributed by atoms with E-state index in [4.69, 9.17) is 9.47 Å². The number of esters is 1. The number of nitrogens with zero attached hydrogens (tertiary/aromatic N) is 2. The van der Waals surface area contributed by atoms with E-state index in [1.807, 2.05) is 24.3 Å². The molecule has 0 amide bonds. The quantitative estimate of drug-likeness (QED) is 0.355. The second-order valence-electron chi connectivity index (χ2n) is 5.32. The van der Waals surface area contributed by atoms with Crippen LogP contribution in [0.15, 0.2) is 65.3 Å². The van der Waals surface area contributed by atoms with E-state index < -0.39 is 10.9 Å². The summed E-state index contributed by atoms with van der Waals surface area (Å²) < 4.78 is 10.2. The third-order valence-corrected chi connectivity index (χ3v) is 3.58. The van der Waals surface area contributed by atoms with Crippen LogP contribution in [0.3, 0.4) is 0 Å². The normalized spacial score (nSPS) is 15.2. The van der Waals surface area contributed by atoms with Gasteiger partial charge in [-0.05, 0) is 47.5 Å². The van der Waals surface area contributed by atoms with Gasteiger partial charge in [0.25, 0.3) is 5.69 Å². The first-order valence-electron chi connectivity index (χ1n) is 7.64. The lowest BCUT2D eigenvalue weighted by Crippen LogP contribution is -2.01. The Morgan fingerprint density at radius 2 is 1.69 bits per heavy atom. The molecule has 130 valence electrons. The predicted octanol–water partition coefficient (Wildman–Crippen LogP) is 3.61. The van der Waals surface area contributed by atoms with Gasteiger partial charge in [0, 0.05) is 18.2 Å². The Labute approximate surface area is 149 Å². The zero-order valence-corrected chi connectivity index (χ0v) is 13.8. The van der Waals surface area contributed by atoms with Gasteiger partial charge in [0.15, 0.2) is 5.70 Å². The third kappa shape index (κ3) is 4.02. The van der Waals surface area contributed by atoms with Gasteiger partial charge < -0.3 is 9.47 Å². The topological polar surface area (TPSA) is 91.0 Å². The van der Waals surface area contributed by atoms with Crippen molar-refractivity contribution in [3.63, 3.8) is 0 Å². The maximum atomic E-state index is 11.9. The fourth-order valence-electron chi connectivity index (χ4n) is 2.23. The van der Waals surface area contributed by atoms with Crippen LogP contribution in [0.2, 0.25) is 0 Å². The number of benzene rings is 2. The van der Waals surface area contributed by atoms with Gasteiger partial charge in [0.1, 0.15) is 5.75 Å². The maximum Gasteiger partial charge on any atom is 0.363 e. The standard InChI is InChI=1S/C19H14N2O5/c1-25-16-9-4-13(5-10-16)6-11-18-20-17(19(22)26-18)12-14-2-7-15(8-3-14)21(23)24/h2-12H,1H3. The molecule has 0 spiro atoms. The van der Waals surface area contributed by atoms with Crippen molar-refractivity contribution in [2.24, 2.45) is 4.99 Å². The van der Waals surface area contributed by atoms with Crippen LogP contribution in [0.5, 0.6) is 5.75 Å². The van der Waals surface area contributed by atoms with Crippen molar-refractivity contribution in [2.75, 3.05) is 7.11 Å². The van der Waals surface area contributed by atoms with E-state index in [2.05, 4.69) is 4.99 Å². The zero-order chi connectivity index (χ0) is 18.5. The zero-order valence-electron chi connectivity index (χ0n) is 13.8. The molecule has 3 rings (SSSR count). The van der Waals surface area contributed by atoms with Gasteiger partial charge in [-0.3, -0.25) is 10.1 Å². The number of hydrogen-bond acceptors (Lipinski definition) is 6. The van der Waals surface area contributed by atoms with Crippen LogP contribution in [-0.4, -0.2) is 23.9 Å². The molecule has 0 saturated carbocycles. The number of nitro groups is 1. The number of carbonyl (C=O) groups is 1. The van der Waals surface area contributed by atoms with Crippen LogP contribution in [0.1, 0.15) is 11.1 Å². The van der Waals surface area contributed by atoms with Gasteiger partial charge in [-0.15, -0.1) is 0 Å². The molecule has 1 heterocycles. The molecule has 0 radical (unpaired) electrons. The van der Waals surface area contributed by atoms with Gasteiger partial charge in [0.2, 0.25) is 5.90 Å². The highest BCUT2D eigenvalue weighted by Gasteiger charge is 2.21. The molecule has 7 nitrogen and oxygen atoms in total. The van der Waals surface area contributed by atoms with Crippen molar-refractivity contribution in [3.8, 4) is 5.75 Å². The average molecular weight is 350 g/mol. The molecule has 2 aromatic carbocycles. The summed E-state index contributed by atoms with van der Waals surface area (Å²) in [6, 6.07) is 13.2.